The van der Waals surface area contributed by atoms with Crippen LogP contribution in [0.15, 0.2) is 255 Å². The number of rotatable bonds is 8. The summed E-state index contributed by atoms with van der Waals surface area (Å²) in [7, 11) is 0. The SMILES string of the molecule is [C-]#[N+]c1cccc(-c2cc(-c3ccc(-c4ccc(-c5ccc(-n6c7ccc(-n8c9ccccc9c9ccccc98)cc7c7cc(-n8c9ccccc9c9ccccc98)ccc76)cc5)cc4)c([N+]#[C-])c3)nc(-c3cccc([N+]#[C-])c3)n2)c1. The van der Waals surface area contributed by atoms with Crippen LogP contribution in [-0.2, 0) is 0 Å². The lowest BCUT2D eigenvalue weighted by molar-refractivity contribution is 1.16. The highest BCUT2D eigenvalue weighted by Crippen LogP contribution is 2.42. The molecule has 0 saturated carbocycles. The van der Waals surface area contributed by atoms with E-state index in [4.69, 9.17) is 29.7 Å². The van der Waals surface area contributed by atoms with Crippen molar-refractivity contribution in [3.05, 3.63) is 289 Å². The van der Waals surface area contributed by atoms with Crippen LogP contribution in [0.3, 0.4) is 0 Å². The highest BCUT2D eigenvalue weighted by molar-refractivity contribution is 6.14. The Hall–Kier alpha value is -11.6. The first-order valence-corrected chi connectivity index (χ1v) is 26.6. The molecule has 0 aliphatic heterocycles. The molecule has 0 N–H and O–H groups in total. The van der Waals surface area contributed by atoms with Gasteiger partial charge in [0.05, 0.1) is 64.2 Å². The Morgan fingerprint density at radius 3 is 1.16 bits per heavy atom. The second kappa shape index (κ2) is 18.8. The quantitative estimate of drug-likeness (QED) is 0.142. The normalized spacial score (nSPS) is 11.4. The molecule has 0 bridgehead atoms. The maximum atomic E-state index is 8.33. The third kappa shape index (κ3) is 7.73. The summed E-state index contributed by atoms with van der Waals surface area (Å²) in [5.74, 6) is 0.448. The Kier molecular flexibility index (Phi) is 10.8. The maximum absolute atomic E-state index is 8.33. The molecule has 0 unspecified atom stereocenters. The number of aromatic nitrogens is 5. The predicted molar refractivity (Wildman–Crippen MR) is 331 cm³/mol. The Morgan fingerprint density at radius 2 is 0.667 bits per heavy atom. The molecule has 8 nitrogen and oxygen atoms in total. The van der Waals surface area contributed by atoms with Crippen LogP contribution in [0.2, 0.25) is 0 Å². The van der Waals surface area contributed by atoms with Crippen molar-refractivity contribution in [3.8, 4) is 73.2 Å². The number of nitrogens with zero attached hydrogens (tertiary/aromatic N) is 8. The number of para-hydroxylation sites is 4. The third-order valence-corrected chi connectivity index (χ3v) is 15.7. The van der Waals surface area contributed by atoms with E-state index in [0.717, 1.165) is 72.2 Å². The zero-order chi connectivity index (χ0) is 54.1. The van der Waals surface area contributed by atoms with Gasteiger partial charge in [0.2, 0.25) is 0 Å². The van der Waals surface area contributed by atoms with Gasteiger partial charge in [-0.05, 0) is 130 Å². The first-order chi connectivity index (χ1) is 40.0. The molecule has 0 amide bonds. The van der Waals surface area contributed by atoms with E-state index in [0.29, 0.717) is 39.8 Å². The minimum absolute atomic E-state index is 0.448. The average molecular weight is 1030 g/mol. The first-order valence-electron chi connectivity index (χ1n) is 26.6. The van der Waals surface area contributed by atoms with Gasteiger partial charge in [-0.1, -0.05) is 158 Å². The largest absolute Gasteiger partial charge is 0.309 e. The number of hydrogen-bond donors (Lipinski definition) is 0. The fraction of sp³-hybridized carbons (Fsp3) is 0. The molecule has 15 aromatic rings. The summed E-state index contributed by atoms with van der Waals surface area (Å²) in [6.07, 6.45) is 0. The zero-order valence-corrected chi connectivity index (χ0v) is 43.3. The van der Waals surface area contributed by atoms with Crippen molar-refractivity contribution < 1.29 is 0 Å². The highest BCUT2D eigenvalue weighted by atomic mass is 15.0. The summed E-state index contributed by atoms with van der Waals surface area (Å²) >= 11 is 0. The van der Waals surface area contributed by atoms with Crippen molar-refractivity contribution in [1.82, 2.24) is 23.7 Å². The van der Waals surface area contributed by atoms with E-state index in [9.17, 15) is 0 Å². The molecular formula is C73H42N8. The lowest BCUT2D eigenvalue weighted by Crippen LogP contribution is -1.96. The number of fused-ring (bicyclic) bond motifs is 9. The summed E-state index contributed by atoms with van der Waals surface area (Å²) in [4.78, 5) is 21.2. The van der Waals surface area contributed by atoms with Crippen molar-refractivity contribution in [2.45, 2.75) is 0 Å². The third-order valence-electron chi connectivity index (χ3n) is 15.7. The molecule has 4 heterocycles. The maximum Gasteiger partial charge on any atom is 0.195 e. The summed E-state index contributed by atoms with van der Waals surface area (Å²) < 4.78 is 7.18. The monoisotopic (exact) mass is 1030 g/mol. The van der Waals surface area contributed by atoms with Gasteiger partial charge in [0.1, 0.15) is 0 Å². The lowest BCUT2D eigenvalue weighted by Gasteiger charge is -2.12. The van der Waals surface area contributed by atoms with E-state index >= 15 is 0 Å². The molecule has 81 heavy (non-hydrogen) atoms. The zero-order valence-electron chi connectivity index (χ0n) is 43.3. The molecule has 0 radical (unpaired) electrons. The van der Waals surface area contributed by atoms with E-state index in [1.807, 2.05) is 54.6 Å². The molecule has 0 aliphatic carbocycles. The summed E-state index contributed by atoms with van der Waals surface area (Å²) in [6.45, 7) is 23.5. The lowest BCUT2D eigenvalue weighted by atomic mass is 9.97. The molecule has 0 fully saturated rings. The van der Waals surface area contributed by atoms with Crippen LogP contribution in [0.1, 0.15) is 0 Å². The minimum Gasteiger partial charge on any atom is -0.309 e. The second-order valence-electron chi connectivity index (χ2n) is 20.2. The van der Waals surface area contributed by atoms with E-state index in [2.05, 4.69) is 210 Å². The van der Waals surface area contributed by atoms with Gasteiger partial charge in [-0.25, -0.2) is 24.5 Å². The van der Waals surface area contributed by atoms with Crippen LogP contribution in [0.5, 0.6) is 0 Å². The van der Waals surface area contributed by atoms with Gasteiger partial charge in [0.25, 0.3) is 0 Å². The summed E-state index contributed by atoms with van der Waals surface area (Å²) in [5, 5.41) is 7.25. The number of benzene rings is 11. The topological polar surface area (TPSA) is 53.6 Å². The van der Waals surface area contributed by atoms with Crippen LogP contribution in [0.25, 0.3) is 153 Å². The van der Waals surface area contributed by atoms with Crippen LogP contribution >= 0.6 is 0 Å². The molecule has 0 aliphatic rings. The molecule has 0 atom stereocenters. The van der Waals surface area contributed by atoms with E-state index in [-0.39, 0.29) is 0 Å². The molecule has 4 aromatic heterocycles. The second-order valence-corrected chi connectivity index (χ2v) is 20.2. The molecule has 0 saturated heterocycles. The fourth-order valence-corrected chi connectivity index (χ4v) is 12.0. The summed E-state index contributed by atoms with van der Waals surface area (Å²) in [6, 6.07) is 88.1. The average Bonchev–Trinajstić information content (AvgIpc) is 4.27. The standard InChI is InChI=1S/C73H42N8/c1-74-52-16-12-14-49(40-52)64-45-65(78-73(77-64)51-15-13-17-53(41-51)75-2)50-32-37-57(66(42-50)76-3)48-28-26-46(27-29-48)47-30-33-54(34-31-47)79-71-38-35-55(80-67-22-8-4-18-58(67)59-19-5-9-23-68(59)80)43-62(71)63-44-56(36-39-72(63)79)81-69-24-10-6-20-60(69)61-21-7-11-25-70(61)81/h4-45H. The predicted octanol–water partition coefficient (Wildman–Crippen LogP) is 19.8. The Balaban J connectivity index is 0.795. The van der Waals surface area contributed by atoms with Crippen LogP contribution in [-0.4, -0.2) is 23.7 Å². The van der Waals surface area contributed by atoms with Gasteiger partial charge in [-0.3, -0.25) is 0 Å². The Morgan fingerprint density at radius 1 is 0.272 bits per heavy atom. The fourth-order valence-electron chi connectivity index (χ4n) is 12.0. The molecule has 374 valence electrons. The van der Waals surface area contributed by atoms with Gasteiger partial charge in [-0.15, -0.1) is 0 Å². The van der Waals surface area contributed by atoms with Crippen molar-refractivity contribution in [3.63, 3.8) is 0 Å². The van der Waals surface area contributed by atoms with Crippen LogP contribution in [0, 0.1) is 19.7 Å². The molecule has 11 aromatic carbocycles. The summed E-state index contributed by atoms with van der Waals surface area (Å²) in [5.41, 5.74) is 19.0. The Labute approximate surface area is 466 Å². The van der Waals surface area contributed by atoms with Gasteiger partial charge in [-0.2, -0.15) is 0 Å². The molecular weight excluding hydrogens is 989 g/mol. The smallest absolute Gasteiger partial charge is 0.195 e. The van der Waals surface area contributed by atoms with Gasteiger partial charge >= 0.3 is 0 Å². The van der Waals surface area contributed by atoms with Gasteiger partial charge < -0.3 is 13.7 Å². The van der Waals surface area contributed by atoms with Crippen molar-refractivity contribution in [1.29, 1.82) is 0 Å². The Bertz CT molecular complexity index is 4860. The van der Waals surface area contributed by atoms with Crippen LogP contribution < -0.4 is 0 Å². The molecule has 15 rings (SSSR count). The van der Waals surface area contributed by atoms with Gasteiger partial charge in [0, 0.05) is 54.9 Å². The van der Waals surface area contributed by atoms with Crippen LogP contribution in [0.4, 0.5) is 17.1 Å². The van der Waals surface area contributed by atoms with Crippen molar-refractivity contribution in [2.24, 2.45) is 0 Å². The molecule has 8 heteroatoms. The van der Waals surface area contributed by atoms with E-state index in [1.54, 1.807) is 18.2 Å². The molecule has 0 spiro atoms. The number of hydrogen-bond acceptors (Lipinski definition) is 2. The minimum atomic E-state index is 0.448. The van der Waals surface area contributed by atoms with Crippen molar-refractivity contribution >= 4 is 82.5 Å². The first kappa shape index (κ1) is 46.7. The highest BCUT2D eigenvalue weighted by Gasteiger charge is 2.20. The van der Waals surface area contributed by atoms with Crippen molar-refractivity contribution in [2.75, 3.05) is 0 Å². The van der Waals surface area contributed by atoms with E-state index < -0.39 is 0 Å². The van der Waals surface area contributed by atoms with Gasteiger partial charge in [0.15, 0.2) is 22.9 Å². The van der Waals surface area contributed by atoms with E-state index in [1.165, 1.54) is 43.6 Å².